The van der Waals surface area contributed by atoms with Crippen molar-refractivity contribution in [2.75, 3.05) is 24.5 Å². The molecule has 3 aliphatic heterocycles. The van der Waals surface area contributed by atoms with Gasteiger partial charge in [-0.25, -0.2) is 4.79 Å². The van der Waals surface area contributed by atoms with Crippen LogP contribution in [0.25, 0.3) is 5.57 Å². The van der Waals surface area contributed by atoms with Gasteiger partial charge < -0.3 is 14.5 Å². The Morgan fingerprint density at radius 2 is 2.16 bits per heavy atom. The molecule has 1 aromatic carbocycles. The predicted octanol–water partition coefficient (Wildman–Crippen LogP) is 5.87. The van der Waals surface area contributed by atoms with Gasteiger partial charge in [-0.3, -0.25) is 0 Å². The van der Waals surface area contributed by atoms with Crippen LogP contribution in [-0.2, 0) is 11.2 Å². The number of nitrogens with zero attached hydrogens (tertiary/aromatic N) is 3. The van der Waals surface area contributed by atoms with Gasteiger partial charge in [-0.2, -0.15) is 5.26 Å². The molecule has 168 valence electrons. The monoisotopic (exact) mass is 449 g/mol. The van der Waals surface area contributed by atoms with Crippen LogP contribution in [0.2, 0.25) is 0 Å². The lowest BCUT2D eigenvalue weighted by molar-refractivity contribution is 0.0292. The molecule has 0 saturated carbocycles. The van der Waals surface area contributed by atoms with E-state index in [2.05, 4.69) is 29.0 Å². The molecule has 3 heterocycles. The van der Waals surface area contributed by atoms with E-state index in [9.17, 15) is 10.1 Å². The molecule has 1 unspecified atom stereocenters. The van der Waals surface area contributed by atoms with Crippen LogP contribution in [0.4, 0.5) is 10.5 Å². The molecule has 3 aliphatic rings. The van der Waals surface area contributed by atoms with Crippen LogP contribution < -0.4 is 4.90 Å². The fourth-order valence-electron chi connectivity index (χ4n) is 4.78. The quantitative estimate of drug-likeness (QED) is 0.578. The first kappa shape index (κ1) is 22.5. The van der Waals surface area contributed by atoms with Crippen molar-refractivity contribution in [3.63, 3.8) is 0 Å². The lowest BCUT2D eigenvalue weighted by Crippen LogP contribution is -2.43. The number of benzene rings is 1. The fraction of sp³-hybridized carbons (Fsp3) is 0.462. The van der Waals surface area contributed by atoms with E-state index in [0.717, 1.165) is 43.4 Å². The standard InChI is InChI=1S/C26H31N3O2S/c1-5-21(23-9-7-13-32-23)22-15-18(16-27)14-19-8-6-11-29(24(19)22)20-10-12-28(17-20)25(30)31-26(2,3)4/h5,7,13-15,20H,1,6,8-12,17H2,2-4H3/b23-21-. The summed E-state index contributed by atoms with van der Waals surface area (Å²) in [6.45, 7) is 12.1. The minimum atomic E-state index is -0.494. The van der Waals surface area contributed by atoms with Gasteiger partial charge >= 0.3 is 6.09 Å². The Balaban J connectivity index is 1.69. The summed E-state index contributed by atoms with van der Waals surface area (Å²) >= 11 is 1.73. The molecule has 0 bridgehead atoms. The van der Waals surface area contributed by atoms with E-state index in [1.807, 2.05) is 43.9 Å². The van der Waals surface area contributed by atoms with Gasteiger partial charge in [-0.05, 0) is 75.1 Å². The van der Waals surface area contributed by atoms with Gasteiger partial charge in [-0.1, -0.05) is 18.7 Å². The zero-order valence-electron chi connectivity index (χ0n) is 19.2. The fourth-order valence-corrected chi connectivity index (χ4v) is 5.65. The van der Waals surface area contributed by atoms with E-state index >= 15 is 0 Å². The highest BCUT2D eigenvalue weighted by molar-refractivity contribution is 8.06. The Bertz CT molecular complexity index is 1020. The predicted molar refractivity (Wildman–Crippen MR) is 132 cm³/mol. The number of ether oxygens (including phenoxy) is 1. The number of likely N-dealkylation sites (tertiary alicyclic amines) is 1. The summed E-state index contributed by atoms with van der Waals surface area (Å²) in [4.78, 5) is 18.2. The maximum atomic E-state index is 12.6. The molecule has 6 heteroatoms. The molecule has 1 amide bonds. The number of hydrogen-bond donors (Lipinski definition) is 0. The first-order valence-corrected chi connectivity index (χ1v) is 12.2. The molecule has 32 heavy (non-hydrogen) atoms. The van der Waals surface area contributed by atoms with E-state index < -0.39 is 5.60 Å². The van der Waals surface area contributed by atoms with Gasteiger partial charge in [0.05, 0.1) is 11.6 Å². The van der Waals surface area contributed by atoms with Gasteiger partial charge in [0.1, 0.15) is 5.60 Å². The molecular weight excluding hydrogens is 418 g/mol. The normalized spacial score (nSPS) is 21.9. The number of aryl methyl sites for hydroxylation is 1. The molecule has 4 rings (SSSR count). The van der Waals surface area contributed by atoms with Crippen molar-refractivity contribution in [3.05, 3.63) is 57.9 Å². The number of thioether (sulfide) groups is 1. The summed E-state index contributed by atoms with van der Waals surface area (Å²) in [5, 5.41) is 11.8. The van der Waals surface area contributed by atoms with Gasteiger partial charge in [0.2, 0.25) is 0 Å². The maximum absolute atomic E-state index is 12.6. The molecule has 1 aromatic rings. The number of carbonyl (C=O) groups is 1. The number of fused-ring (bicyclic) bond motifs is 1. The van der Waals surface area contributed by atoms with E-state index in [-0.39, 0.29) is 12.1 Å². The Kier molecular flexibility index (Phi) is 6.39. The van der Waals surface area contributed by atoms with Crippen molar-refractivity contribution in [1.29, 1.82) is 5.26 Å². The first-order chi connectivity index (χ1) is 15.3. The second-order valence-corrected chi connectivity index (χ2v) is 10.5. The summed E-state index contributed by atoms with van der Waals surface area (Å²) in [5.41, 5.74) is 4.83. The van der Waals surface area contributed by atoms with E-state index in [1.165, 1.54) is 16.2 Å². The Morgan fingerprint density at radius 1 is 1.34 bits per heavy atom. The number of carbonyl (C=O) groups excluding carboxylic acids is 1. The molecule has 5 nitrogen and oxygen atoms in total. The van der Waals surface area contributed by atoms with Crippen molar-refractivity contribution in [3.8, 4) is 6.07 Å². The third-order valence-electron chi connectivity index (χ3n) is 6.11. The third kappa shape index (κ3) is 4.59. The maximum Gasteiger partial charge on any atom is 0.410 e. The highest BCUT2D eigenvalue weighted by Crippen LogP contribution is 2.43. The summed E-state index contributed by atoms with van der Waals surface area (Å²) < 4.78 is 5.61. The van der Waals surface area contributed by atoms with Crippen molar-refractivity contribution >= 4 is 29.1 Å². The number of nitriles is 1. The van der Waals surface area contributed by atoms with E-state index in [0.29, 0.717) is 18.7 Å². The largest absolute Gasteiger partial charge is 0.444 e. The van der Waals surface area contributed by atoms with Gasteiger partial charge in [-0.15, -0.1) is 11.8 Å². The number of allylic oxidation sites excluding steroid dienone is 4. The van der Waals surface area contributed by atoms with Crippen molar-refractivity contribution < 1.29 is 9.53 Å². The van der Waals surface area contributed by atoms with Crippen LogP contribution in [0.1, 0.15) is 56.7 Å². The van der Waals surface area contributed by atoms with Gasteiger partial charge in [0.15, 0.2) is 0 Å². The van der Waals surface area contributed by atoms with Crippen LogP contribution in [-0.4, -0.2) is 42.3 Å². The molecular formula is C26H31N3O2S. The average Bonchev–Trinajstić information content (AvgIpc) is 3.45. The smallest absolute Gasteiger partial charge is 0.410 e. The second kappa shape index (κ2) is 9.07. The molecule has 1 fully saturated rings. The highest BCUT2D eigenvalue weighted by atomic mass is 32.2. The summed E-state index contributed by atoms with van der Waals surface area (Å²) in [6, 6.07) is 6.64. The summed E-state index contributed by atoms with van der Waals surface area (Å²) in [5.74, 6) is 0. The average molecular weight is 450 g/mol. The molecule has 0 spiro atoms. The lowest BCUT2D eigenvalue weighted by Gasteiger charge is -2.38. The molecule has 0 N–H and O–H groups in total. The highest BCUT2D eigenvalue weighted by Gasteiger charge is 2.36. The summed E-state index contributed by atoms with van der Waals surface area (Å²) in [7, 11) is 0. The molecule has 0 aromatic heterocycles. The van der Waals surface area contributed by atoms with Crippen LogP contribution >= 0.6 is 11.8 Å². The van der Waals surface area contributed by atoms with Gasteiger partial charge in [0.25, 0.3) is 0 Å². The minimum Gasteiger partial charge on any atom is -0.444 e. The zero-order valence-corrected chi connectivity index (χ0v) is 20.0. The number of anilines is 1. The number of amides is 1. The summed E-state index contributed by atoms with van der Waals surface area (Å²) in [6.07, 6.45) is 7.67. The molecule has 1 atom stereocenters. The Morgan fingerprint density at radius 3 is 2.81 bits per heavy atom. The SMILES string of the molecule is C=C/C(=C1\CC=CS1)c1cc(C#N)cc2c1N(C1CCN(C(=O)OC(C)(C)C)C1)CCC2. The number of hydrogen-bond acceptors (Lipinski definition) is 5. The van der Waals surface area contributed by atoms with Crippen molar-refractivity contribution in [1.82, 2.24) is 4.90 Å². The minimum absolute atomic E-state index is 0.235. The molecule has 0 radical (unpaired) electrons. The van der Waals surface area contributed by atoms with Crippen LogP contribution in [0.3, 0.4) is 0 Å². The zero-order chi connectivity index (χ0) is 22.9. The Labute approximate surface area is 195 Å². The van der Waals surface area contributed by atoms with E-state index in [4.69, 9.17) is 4.74 Å². The Hall–Kier alpha value is -2.65. The van der Waals surface area contributed by atoms with Crippen LogP contribution in [0, 0.1) is 11.3 Å². The number of rotatable bonds is 3. The molecule has 1 saturated heterocycles. The van der Waals surface area contributed by atoms with Gasteiger partial charge in [0, 0.05) is 41.8 Å². The van der Waals surface area contributed by atoms with Crippen molar-refractivity contribution in [2.45, 2.75) is 58.1 Å². The first-order valence-electron chi connectivity index (χ1n) is 11.3. The van der Waals surface area contributed by atoms with Crippen LogP contribution in [0.5, 0.6) is 0 Å². The van der Waals surface area contributed by atoms with Crippen molar-refractivity contribution in [2.24, 2.45) is 0 Å². The third-order valence-corrected chi connectivity index (χ3v) is 7.11. The second-order valence-electron chi connectivity index (χ2n) is 9.54. The van der Waals surface area contributed by atoms with E-state index in [1.54, 1.807) is 11.8 Å². The molecule has 0 aliphatic carbocycles. The van der Waals surface area contributed by atoms with Crippen LogP contribution in [0.15, 0.2) is 41.2 Å². The lowest BCUT2D eigenvalue weighted by atomic mass is 9.90. The topological polar surface area (TPSA) is 56.6 Å².